The highest BCUT2D eigenvalue weighted by atomic mass is 15.4. The van der Waals surface area contributed by atoms with Gasteiger partial charge in [0.25, 0.3) is 5.78 Å². The Balaban J connectivity index is 1.97. The summed E-state index contributed by atoms with van der Waals surface area (Å²) in [6, 6.07) is 7.97. The molecule has 0 saturated carbocycles. The average molecular weight is 254 g/mol. The minimum atomic E-state index is 0.569. The van der Waals surface area contributed by atoms with Gasteiger partial charge in [-0.2, -0.15) is 0 Å². The Hall–Kier alpha value is -2.24. The molecule has 0 atom stereocenters. The van der Waals surface area contributed by atoms with Crippen molar-refractivity contribution in [2.45, 2.75) is 19.3 Å². The summed E-state index contributed by atoms with van der Waals surface area (Å²) in [7, 11) is 0. The molecule has 2 aromatic heterocycles. The lowest BCUT2D eigenvalue weighted by Gasteiger charge is -2.26. The number of nitrogens with zero attached hydrogens (tertiary/aromatic N) is 6. The molecule has 0 amide bonds. The molecule has 0 spiro atoms. The third kappa shape index (κ3) is 1.63. The normalized spacial score (nSPS) is 16.3. The van der Waals surface area contributed by atoms with Crippen LogP contribution in [0.15, 0.2) is 24.3 Å². The van der Waals surface area contributed by atoms with Gasteiger partial charge in [-0.25, -0.2) is 4.40 Å². The van der Waals surface area contributed by atoms with E-state index in [2.05, 4.69) is 25.3 Å². The van der Waals surface area contributed by atoms with Crippen LogP contribution in [0, 0.1) is 0 Å². The molecular weight excluding hydrogens is 240 g/mol. The Morgan fingerprint density at radius 2 is 1.63 bits per heavy atom. The zero-order chi connectivity index (χ0) is 12.7. The van der Waals surface area contributed by atoms with E-state index in [1.165, 1.54) is 19.3 Å². The molecule has 4 rings (SSSR count). The number of hydrogen-bond acceptors (Lipinski definition) is 5. The van der Waals surface area contributed by atoms with Crippen molar-refractivity contribution in [3.05, 3.63) is 24.3 Å². The van der Waals surface area contributed by atoms with E-state index in [9.17, 15) is 0 Å². The first-order valence-electron chi connectivity index (χ1n) is 6.65. The highest BCUT2D eigenvalue weighted by Gasteiger charge is 2.18. The van der Waals surface area contributed by atoms with E-state index in [1.807, 2.05) is 28.7 Å². The van der Waals surface area contributed by atoms with Crippen LogP contribution in [0.4, 0.5) is 5.95 Å². The molecule has 0 N–H and O–H groups in total. The predicted molar refractivity (Wildman–Crippen MR) is 72.1 cm³/mol. The predicted octanol–water partition coefficient (Wildman–Crippen LogP) is 1.66. The number of rotatable bonds is 1. The summed E-state index contributed by atoms with van der Waals surface area (Å²) in [4.78, 5) is 2.29. The van der Waals surface area contributed by atoms with Gasteiger partial charge in [-0.1, -0.05) is 12.1 Å². The van der Waals surface area contributed by atoms with Crippen molar-refractivity contribution in [2.24, 2.45) is 0 Å². The monoisotopic (exact) mass is 254 g/mol. The molecule has 6 nitrogen and oxygen atoms in total. The second kappa shape index (κ2) is 4.15. The van der Waals surface area contributed by atoms with Crippen molar-refractivity contribution >= 4 is 22.8 Å². The standard InChI is InChI=1S/C13H14N6/c1-4-8-18(9-5-1)13-17-16-12-15-14-10-6-2-3-7-11(10)19(12)13/h2-3,6-7H,1,4-5,8-9H2. The number of anilines is 1. The van der Waals surface area contributed by atoms with Crippen LogP contribution in [0.25, 0.3) is 16.8 Å². The number of fused-ring (bicyclic) bond motifs is 3. The Labute approximate surface area is 110 Å². The van der Waals surface area contributed by atoms with Gasteiger partial charge in [0.1, 0.15) is 5.52 Å². The molecule has 3 heterocycles. The fourth-order valence-electron chi connectivity index (χ4n) is 2.68. The maximum absolute atomic E-state index is 4.31. The lowest BCUT2D eigenvalue weighted by atomic mass is 10.1. The van der Waals surface area contributed by atoms with Gasteiger partial charge in [0.05, 0.1) is 5.52 Å². The maximum Gasteiger partial charge on any atom is 0.276 e. The van der Waals surface area contributed by atoms with Crippen LogP contribution in [-0.2, 0) is 0 Å². The minimum Gasteiger partial charge on any atom is -0.341 e. The molecule has 1 fully saturated rings. The molecule has 96 valence electrons. The molecule has 1 aliphatic heterocycles. The Kier molecular flexibility index (Phi) is 2.33. The molecular formula is C13H14N6. The summed E-state index contributed by atoms with van der Waals surface area (Å²) in [6.07, 6.45) is 3.73. The molecule has 0 radical (unpaired) electrons. The Morgan fingerprint density at radius 1 is 0.842 bits per heavy atom. The van der Waals surface area contributed by atoms with Crippen molar-refractivity contribution in [2.75, 3.05) is 18.0 Å². The van der Waals surface area contributed by atoms with E-state index in [4.69, 9.17) is 0 Å². The third-order valence-corrected chi connectivity index (χ3v) is 3.64. The van der Waals surface area contributed by atoms with Crippen molar-refractivity contribution in [3.8, 4) is 0 Å². The van der Waals surface area contributed by atoms with Crippen molar-refractivity contribution < 1.29 is 0 Å². The molecule has 1 saturated heterocycles. The summed E-state index contributed by atoms with van der Waals surface area (Å²) in [5, 5.41) is 16.8. The van der Waals surface area contributed by atoms with E-state index in [0.29, 0.717) is 5.78 Å². The summed E-state index contributed by atoms with van der Waals surface area (Å²) in [5.41, 5.74) is 1.88. The fourth-order valence-corrected chi connectivity index (χ4v) is 2.68. The second-order valence-corrected chi connectivity index (χ2v) is 4.87. The smallest absolute Gasteiger partial charge is 0.276 e. The zero-order valence-corrected chi connectivity index (χ0v) is 10.5. The fraction of sp³-hybridized carbons (Fsp3) is 0.385. The molecule has 0 aliphatic carbocycles. The van der Waals surface area contributed by atoms with Gasteiger partial charge < -0.3 is 4.90 Å². The second-order valence-electron chi connectivity index (χ2n) is 4.87. The zero-order valence-electron chi connectivity index (χ0n) is 10.5. The average Bonchev–Trinajstić information content (AvgIpc) is 2.92. The van der Waals surface area contributed by atoms with Crippen molar-refractivity contribution in [3.63, 3.8) is 0 Å². The van der Waals surface area contributed by atoms with Gasteiger partial charge >= 0.3 is 0 Å². The molecule has 19 heavy (non-hydrogen) atoms. The number of hydrogen-bond donors (Lipinski definition) is 0. The third-order valence-electron chi connectivity index (χ3n) is 3.64. The number of aromatic nitrogens is 5. The lowest BCUT2D eigenvalue weighted by molar-refractivity contribution is 0.567. The van der Waals surface area contributed by atoms with Crippen LogP contribution in [0.5, 0.6) is 0 Å². The molecule has 3 aromatic rings. The van der Waals surface area contributed by atoms with Gasteiger partial charge in [0, 0.05) is 13.1 Å². The van der Waals surface area contributed by atoms with Crippen LogP contribution in [0.3, 0.4) is 0 Å². The molecule has 1 aromatic carbocycles. The van der Waals surface area contributed by atoms with E-state index < -0.39 is 0 Å². The van der Waals surface area contributed by atoms with E-state index in [0.717, 1.165) is 30.1 Å². The highest BCUT2D eigenvalue weighted by Crippen LogP contribution is 2.21. The van der Waals surface area contributed by atoms with Crippen LogP contribution < -0.4 is 4.90 Å². The molecule has 1 aliphatic rings. The van der Waals surface area contributed by atoms with Crippen molar-refractivity contribution in [1.29, 1.82) is 0 Å². The van der Waals surface area contributed by atoms with Gasteiger partial charge in [0.2, 0.25) is 5.95 Å². The van der Waals surface area contributed by atoms with E-state index in [-0.39, 0.29) is 0 Å². The van der Waals surface area contributed by atoms with E-state index in [1.54, 1.807) is 0 Å². The van der Waals surface area contributed by atoms with Crippen molar-refractivity contribution in [1.82, 2.24) is 24.8 Å². The number of piperidine rings is 1. The number of para-hydroxylation sites is 1. The topological polar surface area (TPSA) is 59.2 Å². The SMILES string of the molecule is c1ccc2c(c1)nnc1nnc(N3CCCCC3)n12. The summed E-state index contributed by atoms with van der Waals surface area (Å²) >= 11 is 0. The Morgan fingerprint density at radius 3 is 2.53 bits per heavy atom. The van der Waals surface area contributed by atoms with Crippen LogP contribution in [-0.4, -0.2) is 37.9 Å². The molecule has 6 heteroatoms. The maximum atomic E-state index is 4.31. The minimum absolute atomic E-state index is 0.569. The van der Waals surface area contributed by atoms with Gasteiger partial charge in [-0.3, -0.25) is 0 Å². The summed E-state index contributed by atoms with van der Waals surface area (Å²) in [5.74, 6) is 1.46. The largest absolute Gasteiger partial charge is 0.341 e. The van der Waals surface area contributed by atoms with Gasteiger partial charge in [0.15, 0.2) is 0 Å². The van der Waals surface area contributed by atoms with E-state index >= 15 is 0 Å². The van der Waals surface area contributed by atoms with Crippen LogP contribution >= 0.6 is 0 Å². The first-order chi connectivity index (χ1) is 9.43. The van der Waals surface area contributed by atoms with Gasteiger partial charge in [-0.05, 0) is 31.4 Å². The van der Waals surface area contributed by atoms with Gasteiger partial charge in [-0.15, -0.1) is 20.4 Å². The van der Waals surface area contributed by atoms with Crippen LogP contribution in [0.2, 0.25) is 0 Å². The molecule has 0 bridgehead atoms. The highest BCUT2D eigenvalue weighted by molar-refractivity contribution is 5.77. The Bertz CT molecular complexity index is 728. The summed E-state index contributed by atoms with van der Waals surface area (Å²) in [6.45, 7) is 2.08. The first kappa shape index (κ1) is 10.7. The summed E-state index contributed by atoms with van der Waals surface area (Å²) < 4.78 is 2.01. The first-order valence-corrected chi connectivity index (χ1v) is 6.65. The number of benzene rings is 1. The quantitative estimate of drug-likeness (QED) is 0.661. The lowest BCUT2D eigenvalue weighted by Crippen LogP contribution is -2.31. The van der Waals surface area contributed by atoms with Crippen LogP contribution in [0.1, 0.15) is 19.3 Å². The molecule has 0 unspecified atom stereocenters.